The zero-order chi connectivity index (χ0) is 16.2. The molecule has 0 saturated carbocycles. The molecule has 118 valence electrons. The summed E-state index contributed by atoms with van der Waals surface area (Å²) in [7, 11) is 0. The summed E-state index contributed by atoms with van der Waals surface area (Å²) in [4.78, 5) is 30.1. The summed E-state index contributed by atoms with van der Waals surface area (Å²) in [6, 6.07) is 9.32. The lowest BCUT2D eigenvalue weighted by atomic mass is 10.1. The molecule has 2 amide bonds. The van der Waals surface area contributed by atoms with Gasteiger partial charge in [0.2, 0.25) is 11.8 Å². The van der Waals surface area contributed by atoms with E-state index >= 15 is 0 Å². The van der Waals surface area contributed by atoms with E-state index in [1.807, 2.05) is 12.1 Å². The van der Waals surface area contributed by atoms with E-state index in [2.05, 4.69) is 10.3 Å². The van der Waals surface area contributed by atoms with E-state index in [1.165, 1.54) is 17.0 Å². The van der Waals surface area contributed by atoms with Gasteiger partial charge in [0, 0.05) is 31.2 Å². The van der Waals surface area contributed by atoms with Crippen LogP contribution < -0.4 is 10.2 Å². The molecule has 5 nitrogen and oxygen atoms in total. The minimum absolute atomic E-state index is 0.246. The number of carbonyl (C=O) groups is 2. The molecule has 0 aliphatic carbocycles. The molecule has 3 rings (SSSR count). The Morgan fingerprint density at radius 3 is 2.61 bits per heavy atom. The minimum atomic E-state index is -0.693. The van der Waals surface area contributed by atoms with E-state index in [0.717, 1.165) is 5.56 Å². The third kappa shape index (κ3) is 3.36. The summed E-state index contributed by atoms with van der Waals surface area (Å²) in [5.41, 5.74) is 1.54. The Kier molecular flexibility index (Phi) is 4.32. The fourth-order valence-electron chi connectivity index (χ4n) is 2.61. The van der Waals surface area contributed by atoms with Crippen molar-refractivity contribution in [2.24, 2.45) is 5.92 Å². The van der Waals surface area contributed by atoms with E-state index in [0.29, 0.717) is 25.2 Å². The van der Waals surface area contributed by atoms with Crippen LogP contribution in [0.15, 0.2) is 48.8 Å². The summed E-state index contributed by atoms with van der Waals surface area (Å²) in [6.45, 7) is 0.819. The van der Waals surface area contributed by atoms with E-state index in [-0.39, 0.29) is 17.6 Å². The molecule has 1 aromatic heterocycles. The van der Waals surface area contributed by atoms with Gasteiger partial charge in [-0.3, -0.25) is 14.6 Å². The molecule has 1 atom stereocenters. The van der Waals surface area contributed by atoms with Crippen molar-refractivity contribution >= 4 is 17.5 Å². The van der Waals surface area contributed by atoms with Crippen molar-refractivity contribution in [2.45, 2.75) is 13.0 Å². The largest absolute Gasteiger partial charge is 0.351 e. The van der Waals surface area contributed by atoms with Crippen LogP contribution in [0, 0.1) is 11.7 Å². The number of amides is 2. The maximum atomic E-state index is 13.0. The molecular weight excluding hydrogens is 297 g/mol. The molecule has 2 aromatic rings. The van der Waals surface area contributed by atoms with Crippen molar-refractivity contribution < 1.29 is 14.0 Å². The number of anilines is 1. The number of nitrogens with zero attached hydrogens (tertiary/aromatic N) is 2. The number of halogens is 1. The van der Waals surface area contributed by atoms with Crippen molar-refractivity contribution in [3.8, 4) is 0 Å². The number of rotatable bonds is 4. The molecule has 2 heterocycles. The van der Waals surface area contributed by atoms with Crippen LogP contribution >= 0.6 is 0 Å². The molecule has 0 bridgehead atoms. The van der Waals surface area contributed by atoms with Crippen molar-refractivity contribution in [3.63, 3.8) is 0 Å². The van der Waals surface area contributed by atoms with Crippen molar-refractivity contribution in [1.82, 2.24) is 10.3 Å². The predicted octanol–water partition coefficient (Wildman–Crippen LogP) is 1.89. The second-order valence-corrected chi connectivity index (χ2v) is 5.38. The normalized spacial score (nSPS) is 17.3. The Balaban J connectivity index is 1.62. The minimum Gasteiger partial charge on any atom is -0.351 e. The Hall–Kier alpha value is -2.76. The van der Waals surface area contributed by atoms with Gasteiger partial charge in [-0.25, -0.2) is 4.39 Å². The van der Waals surface area contributed by atoms with Crippen LogP contribution in [-0.4, -0.2) is 23.3 Å². The predicted molar refractivity (Wildman–Crippen MR) is 82.9 cm³/mol. The lowest BCUT2D eigenvalue weighted by Crippen LogP contribution is -2.36. The number of hydrogen-bond acceptors (Lipinski definition) is 3. The number of carbonyl (C=O) groups excluding carboxylic acids is 2. The third-order valence-electron chi connectivity index (χ3n) is 3.88. The van der Waals surface area contributed by atoms with Crippen molar-refractivity contribution in [3.05, 3.63) is 60.2 Å². The second kappa shape index (κ2) is 6.56. The van der Waals surface area contributed by atoms with Crippen LogP contribution in [0.25, 0.3) is 0 Å². The van der Waals surface area contributed by atoms with Crippen molar-refractivity contribution in [2.75, 3.05) is 11.4 Å². The van der Waals surface area contributed by atoms with E-state index in [9.17, 15) is 14.0 Å². The van der Waals surface area contributed by atoms with E-state index < -0.39 is 5.92 Å². The van der Waals surface area contributed by atoms with Gasteiger partial charge in [0.25, 0.3) is 0 Å². The number of pyridine rings is 1. The van der Waals surface area contributed by atoms with Crippen LogP contribution in [0.5, 0.6) is 0 Å². The molecule has 0 spiro atoms. The first kappa shape index (κ1) is 15.1. The Morgan fingerprint density at radius 2 is 1.91 bits per heavy atom. The van der Waals surface area contributed by atoms with Crippen LogP contribution in [0.1, 0.15) is 12.0 Å². The van der Waals surface area contributed by atoms with Crippen molar-refractivity contribution in [1.29, 1.82) is 0 Å². The van der Waals surface area contributed by atoms with E-state index in [4.69, 9.17) is 0 Å². The third-order valence-corrected chi connectivity index (χ3v) is 3.88. The van der Waals surface area contributed by atoms with Gasteiger partial charge in [0.05, 0.1) is 0 Å². The number of hydrogen-bond donors (Lipinski definition) is 1. The summed E-state index contributed by atoms with van der Waals surface area (Å²) >= 11 is 0. The molecule has 1 N–H and O–H groups in total. The first-order valence-corrected chi connectivity index (χ1v) is 7.39. The first-order chi connectivity index (χ1) is 11.1. The first-order valence-electron chi connectivity index (χ1n) is 7.39. The average Bonchev–Trinajstić information content (AvgIpc) is 2.96. The highest BCUT2D eigenvalue weighted by atomic mass is 19.1. The molecule has 1 saturated heterocycles. The number of benzene rings is 1. The van der Waals surface area contributed by atoms with Gasteiger partial charge in [-0.2, -0.15) is 0 Å². The van der Waals surface area contributed by atoms with Gasteiger partial charge < -0.3 is 10.2 Å². The SMILES string of the molecule is O=C(NCc1ccncc1)[C@H]1CCN(c2ccc(F)cc2)C1=O. The lowest BCUT2D eigenvalue weighted by Gasteiger charge is -2.16. The fraction of sp³-hybridized carbons (Fsp3) is 0.235. The highest BCUT2D eigenvalue weighted by Gasteiger charge is 2.37. The molecule has 1 aromatic carbocycles. The van der Waals surface area contributed by atoms with Gasteiger partial charge in [-0.1, -0.05) is 0 Å². The van der Waals surface area contributed by atoms with Crippen LogP contribution in [0.2, 0.25) is 0 Å². The summed E-state index contributed by atoms with van der Waals surface area (Å²) < 4.78 is 13.0. The maximum absolute atomic E-state index is 13.0. The fourth-order valence-corrected chi connectivity index (χ4v) is 2.61. The van der Waals surface area contributed by atoms with Crippen LogP contribution in [-0.2, 0) is 16.1 Å². The van der Waals surface area contributed by atoms with Gasteiger partial charge in [-0.05, 0) is 48.4 Å². The van der Waals surface area contributed by atoms with Gasteiger partial charge in [-0.15, -0.1) is 0 Å². The number of aromatic nitrogens is 1. The molecule has 23 heavy (non-hydrogen) atoms. The smallest absolute Gasteiger partial charge is 0.239 e. The molecular formula is C17H16FN3O2. The summed E-state index contributed by atoms with van der Waals surface area (Å²) in [5.74, 6) is -1.57. The Labute approximate surface area is 133 Å². The zero-order valence-electron chi connectivity index (χ0n) is 12.4. The maximum Gasteiger partial charge on any atom is 0.239 e. The van der Waals surface area contributed by atoms with Gasteiger partial charge >= 0.3 is 0 Å². The molecule has 1 aliphatic rings. The Bertz CT molecular complexity index is 704. The zero-order valence-corrected chi connectivity index (χ0v) is 12.4. The lowest BCUT2D eigenvalue weighted by molar-refractivity contribution is -0.132. The summed E-state index contributed by atoms with van der Waals surface area (Å²) in [5, 5.41) is 2.78. The highest BCUT2D eigenvalue weighted by Crippen LogP contribution is 2.25. The molecule has 0 radical (unpaired) electrons. The van der Waals surface area contributed by atoms with Crippen LogP contribution in [0.4, 0.5) is 10.1 Å². The molecule has 0 unspecified atom stereocenters. The number of nitrogens with one attached hydrogen (secondary N) is 1. The molecule has 6 heteroatoms. The second-order valence-electron chi connectivity index (χ2n) is 5.38. The van der Waals surface area contributed by atoms with Gasteiger partial charge in [0.15, 0.2) is 0 Å². The highest BCUT2D eigenvalue weighted by molar-refractivity contribution is 6.09. The monoisotopic (exact) mass is 313 g/mol. The molecule has 1 aliphatic heterocycles. The van der Waals surface area contributed by atoms with Gasteiger partial charge in [0.1, 0.15) is 11.7 Å². The van der Waals surface area contributed by atoms with E-state index in [1.54, 1.807) is 24.5 Å². The average molecular weight is 313 g/mol. The van der Waals surface area contributed by atoms with Crippen LogP contribution in [0.3, 0.4) is 0 Å². The topological polar surface area (TPSA) is 62.3 Å². The Morgan fingerprint density at radius 1 is 1.22 bits per heavy atom. The standard InChI is InChI=1S/C17H16FN3O2/c18-13-1-3-14(4-2-13)21-10-7-15(17(21)23)16(22)20-11-12-5-8-19-9-6-12/h1-6,8-9,15H,7,10-11H2,(H,20,22)/t15-/m1/s1. The quantitative estimate of drug-likeness (QED) is 0.877. The summed E-state index contributed by atoms with van der Waals surface area (Å²) in [6.07, 6.45) is 3.76. The molecule has 1 fully saturated rings.